The first kappa shape index (κ1) is 14.6. The topological polar surface area (TPSA) is 69.6 Å². The van der Waals surface area contributed by atoms with Crippen molar-refractivity contribution >= 4 is 5.97 Å². The Morgan fingerprint density at radius 2 is 1.94 bits per heavy atom. The minimum Gasteiger partial charge on any atom is -0.480 e. The van der Waals surface area contributed by atoms with E-state index in [1.54, 1.807) is 0 Å². The lowest BCUT2D eigenvalue weighted by molar-refractivity contribution is -0.139. The van der Waals surface area contributed by atoms with Gasteiger partial charge in [0, 0.05) is 6.04 Å². The highest BCUT2D eigenvalue weighted by atomic mass is 19.1. The van der Waals surface area contributed by atoms with Gasteiger partial charge >= 0.3 is 5.97 Å². The smallest absolute Gasteiger partial charge is 0.320 e. The van der Waals surface area contributed by atoms with Crippen molar-refractivity contribution in [1.29, 1.82) is 0 Å². The highest BCUT2D eigenvalue weighted by Gasteiger charge is 2.23. The number of halogens is 1. The summed E-state index contributed by atoms with van der Waals surface area (Å²) < 4.78 is 12.8. The minimum atomic E-state index is -0.972. The van der Waals surface area contributed by atoms with Crippen LogP contribution >= 0.6 is 0 Å². The molecule has 3 N–H and O–H groups in total. The maximum absolute atomic E-state index is 12.8. The summed E-state index contributed by atoms with van der Waals surface area (Å²) in [5.41, 5.74) is 0.563. The fourth-order valence-corrected chi connectivity index (χ4v) is 1.72. The predicted octanol–water partition coefficient (Wildman–Crippen LogP) is 1.70. The van der Waals surface area contributed by atoms with Gasteiger partial charge in [0.1, 0.15) is 11.9 Å². The molecule has 0 spiro atoms. The van der Waals surface area contributed by atoms with Crippen molar-refractivity contribution < 1.29 is 19.4 Å². The number of nitrogens with one attached hydrogen (secondary N) is 1. The first-order valence-corrected chi connectivity index (χ1v) is 5.88. The summed E-state index contributed by atoms with van der Waals surface area (Å²) in [5, 5.41) is 21.8. The number of hydrogen-bond donors (Lipinski definition) is 3. The van der Waals surface area contributed by atoms with E-state index in [0.29, 0.717) is 12.0 Å². The fraction of sp³-hybridized carbons (Fsp3) is 0.462. The maximum Gasteiger partial charge on any atom is 0.320 e. The molecular formula is C13H18FNO3. The third kappa shape index (κ3) is 3.78. The van der Waals surface area contributed by atoms with E-state index >= 15 is 0 Å². The Hall–Kier alpha value is -1.46. The highest BCUT2D eigenvalue weighted by molar-refractivity contribution is 5.72. The van der Waals surface area contributed by atoms with Crippen molar-refractivity contribution in [3.05, 3.63) is 35.6 Å². The van der Waals surface area contributed by atoms with Crippen molar-refractivity contribution in [1.82, 2.24) is 5.32 Å². The summed E-state index contributed by atoms with van der Waals surface area (Å²) in [6.45, 7) is 3.36. The summed E-state index contributed by atoms with van der Waals surface area (Å²) >= 11 is 0. The lowest BCUT2D eigenvalue weighted by Gasteiger charge is -2.25. The molecule has 0 aliphatic rings. The lowest BCUT2D eigenvalue weighted by atomic mass is 9.99. The molecule has 100 valence electrons. The average Bonchev–Trinajstić information content (AvgIpc) is 2.35. The van der Waals surface area contributed by atoms with Gasteiger partial charge in [0.05, 0.1) is 6.10 Å². The van der Waals surface area contributed by atoms with Crippen LogP contribution in [0.2, 0.25) is 0 Å². The largest absolute Gasteiger partial charge is 0.480 e. The molecule has 0 bridgehead atoms. The number of benzene rings is 1. The van der Waals surface area contributed by atoms with Crippen LogP contribution in [0.1, 0.15) is 31.9 Å². The van der Waals surface area contributed by atoms with Crippen LogP contribution in [-0.4, -0.2) is 28.3 Å². The molecule has 1 rings (SSSR count). The van der Waals surface area contributed by atoms with Crippen molar-refractivity contribution in [2.24, 2.45) is 0 Å². The molecule has 0 aliphatic carbocycles. The van der Waals surface area contributed by atoms with Gasteiger partial charge in [0.25, 0.3) is 0 Å². The molecule has 0 fully saturated rings. The van der Waals surface area contributed by atoms with E-state index in [1.807, 2.05) is 6.92 Å². The van der Waals surface area contributed by atoms with Gasteiger partial charge in [-0.2, -0.15) is 0 Å². The Morgan fingerprint density at radius 1 is 1.39 bits per heavy atom. The maximum atomic E-state index is 12.8. The van der Waals surface area contributed by atoms with E-state index in [-0.39, 0.29) is 11.9 Å². The highest BCUT2D eigenvalue weighted by Crippen LogP contribution is 2.19. The molecule has 3 unspecified atom stereocenters. The number of aliphatic hydroxyl groups is 1. The van der Waals surface area contributed by atoms with E-state index < -0.39 is 18.1 Å². The monoisotopic (exact) mass is 255 g/mol. The van der Waals surface area contributed by atoms with Crippen molar-refractivity contribution in [3.8, 4) is 0 Å². The predicted molar refractivity (Wildman–Crippen MR) is 65.7 cm³/mol. The summed E-state index contributed by atoms with van der Waals surface area (Å²) in [5.74, 6) is -1.34. The number of hydrogen-bond acceptors (Lipinski definition) is 3. The van der Waals surface area contributed by atoms with Gasteiger partial charge in [-0.05, 0) is 31.0 Å². The van der Waals surface area contributed by atoms with Gasteiger partial charge in [-0.3, -0.25) is 10.1 Å². The number of aliphatic carboxylic acids is 1. The summed E-state index contributed by atoms with van der Waals surface area (Å²) in [7, 11) is 0. The number of carbonyl (C=O) groups is 1. The van der Waals surface area contributed by atoms with Crippen LogP contribution in [0, 0.1) is 5.82 Å². The molecule has 5 heteroatoms. The Morgan fingerprint density at radius 3 is 2.39 bits per heavy atom. The van der Waals surface area contributed by atoms with Crippen LogP contribution in [0.25, 0.3) is 0 Å². The van der Waals surface area contributed by atoms with Gasteiger partial charge in [-0.1, -0.05) is 19.1 Å². The molecule has 4 nitrogen and oxygen atoms in total. The van der Waals surface area contributed by atoms with Crippen LogP contribution in [0.5, 0.6) is 0 Å². The first-order valence-electron chi connectivity index (χ1n) is 5.88. The van der Waals surface area contributed by atoms with Crippen LogP contribution in [0.15, 0.2) is 24.3 Å². The van der Waals surface area contributed by atoms with Crippen molar-refractivity contribution in [3.63, 3.8) is 0 Å². The Balaban J connectivity index is 2.75. The van der Waals surface area contributed by atoms with Crippen LogP contribution in [-0.2, 0) is 4.79 Å². The zero-order chi connectivity index (χ0) is 13.7. The molecule has 0 saturated carbocycles. The zero-order valence-corrected chi connectivity index (χ0v) is 10.4. The van der Waals surface area contributed by atoms with E-state index in [4.69, 9.17) is 5.11 Å². The van der Waals surface area contributed by atoms with Crippen molar-refractivity contribution in [2.75, 3.05) is 0 Å². The molecule has 18 heavy (non-hydrogen) atoms. The van der Waals surface area contributed by atoms with Crippen molar-refractivity contribution in [2.45, 2.75) is 38.5 Å². The van der Waals surface area contributed by atoms with Crippen LogP contribution < -0.4 is 5.32 Å². The molecule has 0 heterocycles. The molecule has 0 radical (unpaired) electrons. The van der Waals surface area contributed by atoms with E-state index in [0.717, 1.165) is 0 Å². The number of aliphatic hydroxyl groups excluding tert-OH is 1. The fourth-order valence-electron chi connectivity index (χ4n) is 1.72. The standard InChI is InChI=1S/C13H18FNO3/c1-3-11(15-8(2)13(17)18)12(16)9-4-6-10(14)7-5-9/h4-8,11-12,15-16H,3H2,1-2H3,(H,17,18). The Bertz CT molecular complexity index is 394. The van der Waals surface area contributed by atoms with Crippen LogP contribution in [0.3, 0.4) is 0 Å². The second-order valence-corrected chi connectivity index (χ2v) is 4.24. The van der Waals surface area contributed by atoms with Gasteiger partial charge < -0.3 is 10.2 Å². The summed E-state index contributed by atoms with van der Waals surface area (Å²) in [6.07, 6.45) is -0.298. The van der Waals surface area contributed by atoms with E-state index in [9.17, 15) is 14.3 Å². The van der Waals surface area contributed by atoms with Gasteiger partial charge in [-0.15, -0.1) is 0 Å². The quantitative estimate of drug-likeness (QED) is 0.723. The molecule has 0 aliphatic heterocycles. The second kappa shape index (κ2) is 6.47. The molecule has 0 amide bonds. The Kier molecular flexibility index (Phi) is 5.25. The number of carboxylic acids is 1. The van der Waals surface area contributed by atoms with Gasteiger partial charge in [0.2, 0.25) is 0 Å². The van der Waals surface area contributed by atoms with Crippen LogP contribution in [0.4, 0.5) is 4.39 Å². The normalized spacial score (nSPS) is 16.0. The first-order chi connectivity index (χ1) is 8.45. The second-order valence-electron chi connectivity index (χ2n) is 4.24. The lowest BCUT2D eigenvalue weighted by Crippen LogP contribution is -2.44. The van der Waals surface area contributed by atoms with Gasteiger partial charge in [0.15, 0.2) is 0 Å². The minimum absolute atomic E-state index is 0.370. The van der Waals surface area contributed by atoms with E-state index in [2.05, 4.69) is 5.32 Å². The zero-order valence-electron chi connectivity index (χ0n) is 10.4. The number of carboxylic acid groups (broad SMARTS) is 1. The van der Waals surface area contributed by atoms with E-state index in [1.165, 1.54) is 31.2 Å². The molecular weight excluding hydrogens is 237 g/mol. The SMILES string of the molecule is CCC(NC(C)C(=O)O)C(O)c1ccc(F)cc1. The summed E-state index contributed by atoms with van der Waals surface area (Å²) in [4.78, 5) is 10.8. The molecule has 1 aromatic carbocycles. The third-order valence-electron chi connectivity index (χ3n) is 2.87. The average molecular weight is 255 g/mol. The molecule has 0 aromatic heterocycles. The molecule has 0 saturated heterocycles. The number of rotatable bonds is 6. The third-order valence-corrected chi connectivity index (χ3v) is 2.87. The summed E-state index contributed by atoms with van der Waals surface area (Å²) in [6, 6.07) is 4.40. The molecule has 3 atom stereocenters. The Labute approximate surface area is 105 Å². The van der Waals surface area contributed by atoms with Gasteiger partial charge in [-0.25, -0.2) is 4.39 Å². The molecule has 1 aromatic rings.